The minimum absolute atomic E-state index is 0.0144. The van der Waals surface area contributed by atoms with E-state index < -0.39 is 16.0 Å². The van der Waals surface area contributed by atoms with E-state index in [0.717, 1.165) is 5.56 Å². The quantitative estimate of drug-likeness (QED) is 0.642. The van der Waals surface area contributed by atoms with E-state index in [1.165, 1.54) is 4.31 Å². The Morgan fingerprint density at radius 3 is 2.41 bits per heavy atom. The maximum absolute atomic E-state index is 12.6. The lowest BCUT2D eigenvalue weighted by Crippen LogP contribution is -2.40. The third-order valence-electron chi connectivity index (χ3n) is 4.37. The maximum atomic E-state index is 12.6. The van der Waals surface area contributed by atoms with Gasteiger partial charge in [0.25, 0.3) is 0 Å². The van der Waals surface area contributed by atoms with Crippen molar-refractivity contribution in [1.29, 1.82) is 0 Å². The Morgan fingerprint density at radius 1 is 1.19 bits per heavy atom. The number of morpholine rings is 1. The number of hydrogen-bond donors (Lipinski definition) is 2. The van der Waals surface area contributed by atoms with Crippen molar-refractivity contribution in [1.82, 2.24) is 9.62 Å². The molecule has 1 fully saturated rings. The second kappa shape index (κ2) is 9.82. The van der Waals surface area contributed by atoms with E-state index in [1.54, 1.807) is 31.2 Å². The first kappa shape index (κ1) is 21.3. The van der Waals surface area contributed by atoms with Crippen LogP contribution >= 0.6 is 0 Å². The predicted octanol–water partition coefficient (Wildman–Crippen LogP) is 1.01. The number of ether oxygens (including phenoxy) is 1. The summed E-state index contributed by atoms with van der Waals surface area (Å²) in [6.07, 6.45) is 1.14. The minimum atomic E-state index is -3.51. The van der Waals surface area contributed by atoms with Gasteiger partial charge in [-0.3, -0.25) is 9.59 Å². The van der Waals surface area contributed by atoms with Crippen molar-refractivity contribution in [2.45, 2.75) is 43.5 Å². The van der Waals surface area contributed by atoms with Gasteiger partial charge in [-0.2, -0.15) is 4.31 Å². The fourth-order valence-corrected chi connectivity index (χ4v) is 4.19. The number of sulfonamides is 1. The Labute approximate surface area is 159 Å². The lowest BCUT2D eigenvalue weighted by atomic mass is 10.1. The van der Waals surface area contributed by atoms with E-state index in [1.807, 2.05) is 0 Å². The number of aryl methyl sites for hydroxylation is 1. The van der Waals surface area contributed by atoms with Gasteiger partial charge in [0.05, 0.1) is 18.1 Å². The number of carbonyl (C=O) groups excluding carboxylic acids is 1. The summed E-state index contributed by atoms with van der Waals surface area (Å²) >= 11 is 0. The minimum Gasteiger partial charge on any atom is -0.481 e. The number of carboxylic acids is 1. The van der Waals surface area contributed by atoms with Crippen molar-refractivity contribution in [2.24, 2.45) is 0 Å². The molecule has 0 saturated carbocycles. The number of nitrogens with zero attached hydrogens (tertiary/aromatic N) is 1. The molecule has 0 radical (unpaired) electrons. The molecule has 2 N–H and O–H groups in total. The first-order chi connectivity index (χ1) is 12.8. The van der Waals surface area contributed by atoms with Crippen molar-refractivity contribution in [3.8, 4) is 0 Å². The Kier molecular flexibility index (Phi) is 7.76. The predicted molar refractivity (Wildman–Crippen MR) is 98.8 cm³/mol. The SMILES string of the molecule is CC(CCC(=O)O)NC(=O)CCc1ccc(S(=O)(=O)N2CCOCC2)cc1. The summed E-state index contributed by atoms with van der Waals surface area (Å²) in [6.45, 7) is 3.27. The van der Waals surface area contributed by atoms with Gasteiger partial charge in [-0.1, -0.05) is 12.1 Å². The zero-order chi connectivity index (χ0) is 19.9. The van der Waals surface area contributed by atoms with Gasteiger partial charge in [0.15, 0.2) is 0 Å². The zero-order valence-corrected chi connectivity index (χ0v) is 16.2. The second-order valence-corrected chi connectivity index (χ2v) is 8.50. The number of hydrogen-bond acceptors (Lipinski definition) is 5. The van der Waals surface area contributed by atoms with Crippen molar-refractivity contribution in [3.63, 3.8) is 0 Å². The van der Waals surface area contributed by atoms with Gasteiger partial charge in [-0.15, -0.1) is 0 Å². The van der Waals surface area contributed by atoms with Gasteiger partial charge in [0.2, 0.25) is 15.9 Å². The molecule has 9 heteroatoms. The Bertz CT molecular complexity index is 742. The van der Waals surface area contributed by atoms with Crippen molar-refractivity contribution >= 4 is 21.9 Å². The molecule has 0 bridgehead atoms. The van der Waals surface area contributed by atoms with Crippen LogP contribution < -0.4 is 5.32 Å². The Balaban J connectivity index is 1.84. The van der Waals surface area contributed by atoms with E-state index in [0.29, 0.717) is 39.1 Å². The summed E-state index contributed by atoms with van der Waals surface area (Å²) in [6, 6.07) is 6.36. The average molecular weight is 398 g/mol. The molecule has 8 nitrogen and oxygen atoms in total. The molecule has 1 heterocycles. The fourth-order valence-electron chi connectivity index (χ4n) is 2.78. The van der Waals surface area contributed by atoms with E-state index >= 15 is 0 Å². The van der Waals surface area contributed by atoms with Gasteiger partial charge < -0.3 is 15.2 Å². The highest BCUT2D eigenvalue weighted by atomic mass is 32.2. The normalized spacial score (nSPS) is 16.6. The lowest BCUT2D eigenvalue weighted by Gasteiger charge is -2.26. The molecule has 1 aliphatic rings. The summed E-state index contributed by atoms with van der Waals surface area (Å²) in [5.74, 6) is -1.04. The average Bonchev–Trinajstić information content (AvgIpc) is 2.66. The summed E-state index contributed by atoms with van der Waals surface area (Å²) in [5, 5.41) is 11.4. The van der Waals surface area contributed by atoms with Gasteiger partial charge >= 0.3 is 5.97 Å². The smallest absolute Gasteiger partial charge is 0.303 e. The van der Waals surface area contributed by atoms with Crippen LogP contribution in [0.5, 0.6) is 0 Å². The molecule has 1 saturated heterocycles. The molecule has 1 unspecified atom stereocenters. The number of amides is 1. The van der Waals surface area contributed by atoms with Crippen LogP contribution in [0, 0.1) is 0 Å². The highest BCUT2D eigenvalue weighted by Gasteiger charge is 2.26. The molecule has 1 atom stereocenters. The first-order valence-electron chi connectivity index (χ1n) is 8.97. The molecule has 1 aromatic carbocycles. The third kappa shape index (κ3) is 6.60. The molecule has 0 aromatic heterocycles. The summed E-state index contributed by atoms with van der Waals surface area (Å²) in [5.41, 5.74) is 0.865. The monoisotopic (exact) mass is 398 g/mol. The first-order valence-corrected chi connectivity index (χ1v) is 10.4. The third-order valence-corrected chi connectivity index (χ3v) is 6.28. The molecule has 0 spiro atoms. The van der Waals surface area contributed by atoms with Crippen LogP contribution in [0.2, 0.25) is 0 Å². The number of benzene rings is 1. The maximum Gasteiger partial charge on any atom is 0.303 e. The number of carboxylic acid groups (broad SMARTS) is 1. The van der Waals surface area contributed by atoms with Crippen molar-refractivity contribution < 1.29 is 27.9 Å². The highest BCUT2D eigenvalue weighted by Crippen LogP contribution is 2.18. The van der Waals surface area contributed by atoms with Gasteiger partial charge in [-0.25, -0.2) is 8.42 Å². The summed E-state index contributed by atoms with van der Waals surface area (Å²) < 4.78 is 31.7. The largest absolute Gasteiger partial charge is 0.481 e. The van der Waals surface area contributed by atoms with Gasteiger partial charge in [0, 0.05) is 32.0 Å². The summed E-state index contributed by atoms with van der Waals surface area (Å²) in [4.78, 5) is 22.7. The van der Waals surface area contributed by atoms with Crippen LogP contribution in [0.1, 0.15) is 31.7 Å². The van der Waals surface area contributed by atoms with Crippen LogP contribution in [0.25, 0.3) is 0 Å². The van der Waals surface area contributed by atoms with E-state index in [2.05, 4.69) is 5.32 Å². The lowest BCUT2D eigenvalue weighted by molar-refractivity contribution is -0.137. The van der Waals surface area contributed by atoms with E-state index in [4.69, 9.17) is 9.84 Å². The fraction of sp³-hybridized carbons (Fsp3) is 0.556. The van der Waals surface area contributed by atoms with Crippen molar-refractivity contribution in [3.05, 3.63) is 29.8 Å². The topological polar surface area (TPSA) is 113 Å². The molecular formula is C18H26N2O6S. The molecular weight excluding hydrogens is 372 g/mol. The van der Waals surface area contributed by atoms with Crippen LogP contribution in [-0.4, -0.2) is 62.1 Å². The second-order valence-electron chi connectivity index (χ2n) is 6.56. The van der Waals surface area contributed by atoms with Crippen LogP contribution in [0.3, 0.4) is 0 Å². The highest BCUT2D eigenvalue weighted by molar-refractivity contribution is 7.89. The van der Waals surface area contributed by atoms with E-state index in [-0.39, 0.29) is 29.7 Å². The van der Waals surface area contributed by atoms with Crippen LogP contribution in [-0.2, 0) is 30.8 Å². The number of rotatable bonds is 9. The van der Waals surface area contributed by atoms with Crippen LogP contribution in [0.15, 0.2) is 29.2 Å². The molecule has 150 valence electrons. The molecule has 27 heavy (non-hydrogen) atoms. The Morgan fingerprint density at radius 2 is 1.81 bits per heavy atom. The molecule has 1 amide bonds. The number of aliphatic carboxylic acids is 1. The van der Waals surface area contributed by atoms with Gasteiger partial charge in [0.1, 0.15) is 0 Å². The Hall–Kier alpha value is -1.97. The van der Waals surface area contributed by atoms with E-state index in [9.17, 15) is 18.0 Å². The molecule has 1 aromatic rings. The molecule has 0 aliphatic carbocycles. The van der Waals surface area contributed by atoms with Crippen molar-refractivity contribution in [2.75, 3.05) is 26.3 Å². The van der Waals surface area contributed by atoms with Gasteiger partial charge in [-0.05, 0) is 37.5 Å². The molecule has 1 aliphatic heterocycles. The number of nitrogens with one attached hydrogen (secondary N) is 1. The zero-order valence-electron chi connectivity index (χ0n) is 15.4. The van der Waals surface area contributed by atoms with Crippen LogP contribution in [0.4, 0.5) is 0 Å². The standard InChI is InChI=1S/C18H26N2O6S/c1-14(2-9-18(22)23)19-17(21)8-5-15-3-6-16(7-4-15)27(24,25)20-10-12-26-13-11-20/h3-4,6-7,14H,2,5,8-13H2,1H3,(H,19,21)(H,22,23). The number of carbonyl (C=O) groups is 2. The summed E-state index contributed by atoms with van der Waals surface area (Å²) in [7, 11) is -3.51. The molecule has 2 rings (SSSR count).